The SMILES string of the molecule is O=C(Nc1cccc2ccccc12)OC(SC(=O)c1ccccc1)c1ccc(Cl)cc1. The highest BCUT2D eigenvalue weighted by Gasteiger charge is 2.22. The summed E-state index contributed by atoms with van der Waals surface area (Å²) in [5.74, 6) is 0. The van der Waals surface area contributed by atoms with E-state index in [1.54, 1.807) is 48.5 Å². The second-order valence-electron chi connectivity index (χ2n) is 6.71. The van der Waals surface area contributed by atoms with E-state index in [9.17, 15) is 9.59 Å². The van der Waals surface area contributed by atoms with Gasteiger partial charge in [-0.25, -0.2) is 4.79 Å². The second-order valence-corrected chi connectivity index (χ2v) is 8.18. The first-order valence-corrected chi connectivity index (χ1v) is 10.8. The molecule has 0 saturated carbocycles. The van der Waals surface area contributed by atoms with Gasteiger partial charge in [0.1, 0.15) is 0 Å². The van der Waals surface area contributed by atoms with E-state index in [1.165, 1.54) is 0 Å². The Morgan fingerprint density at radius 2 is 1.48 bits per heavy atom. The molecule has 154 valence electrons. The van der Waals surface area contributed by atoms with Gasteiger partial charge in [-0.2, -0.15) is 0 Å². The van der Waals surface area contributed by atoms with Gasteiger partial charge in [0.25, 0.3) is 0 Å². The largest absolute Gasteiger partial charge is 0.429 e. The fraction of sp³-hybridized carbons (Fsp3) is 0.0400. The molecule has 1 N–H and O–H groups in total. The molecule has 4 rings (SSSR count). The lowest BCUT2D eigenvalue weighted by molar-refractivity contribution is 0.108. The molecule has 4 aromatic rings. The van der Waals surface area contributed by atoms with Crippen LogP contribution in [0.5, 0.6) is 0 Å². The summed E-state index contributed by atoms with van der Waals surface area (Å²) in [6.07, 6.45) is -0.648. The number of halogens is 1. The van der Waals surface area contributed by atoms with Crippen molar-refractivity contribution in [2.24, 2.45) is 0 Å². The molecule has 0 radical (unpaired) electrons. The van der Waals surface area contributed by atoms with Crippen molar-refractivity contribution in [3.05, 3.63) is 113 Å². The summed E-state index contributed by atoms with van der Waals surface area (Å²) in [6, 6.07) is 29.1. The van der Waals surface area contributed by atoms with E-state index < -0.39 is 11.5 Å². The lowest BCUT2D eigenvalue weighted by atomic mass is 10.1. The van der Waals surface area contributed by atoms with Crippen LogP contribution in [0.25, 0.3) is 10.8 Å². The van der Waals surface area contributed by atoms with Crippen LogP contribution >= 0.6 is 23.4 Å². The number of carbonyl (C=O) groups is 2. The summed E-state index contributed by atoms with van der Waals surface area (Å²) in [5.41, 5.74) is 0.994. The molecule has 1 unspecified atom stereocenters. The van der Waals surface area contributed by atoms with E-state index in [4.69, 9.17) is 16.3 Å². The lowest BCUT2D eigenvalue weighted by Crippen LogP contribution is -2.17. The van der Waals surface area contributed by atoms with Gasteiger partial charge >= 0.3 is 6.09 Å². The molecule has 0 saturated heterocycles. The highest BCUT2D eigenvalue weighted by Crippen LogP contribution is 2.34. The number of carbonyl (C=O) groups excluding carboxylic acids is 2. The first-order chi connectivity index (χ1) is 15.1. The molecule has 0 spiro atoms. The number of ether oxygens (including phenoxy) is 1. The van der Waals surface area contributed by atoms with Crippen LogP contribution in [0.15, 0.2) is 97.1 Å². The van der Waals surface area contributed by atoms with Gasteiger partial charge in [-0.3, -0.25) is 10.1 Å². The van der Waals surface area contributed by atoms with Crippen molar-refractivity contribution < 1.29 is 14.3 Å². The summed E-state index contributed by atoms with van der Waals surface area (Å²) >= 11 is 6.93. The standard InChI is InChI=1S/C25H18ClNO3S/c26-20-15-13-19(14-16-20)24(31-23(28)18-8-2-1-3-9-18)30-25(29)27-22-12-6-10-17-7-4-5-11-21(17)22/h1-16,24H,(H,27,29). The molecular weight excluding hydrogens is 430 g/mol. The molecule has 4 aromatic carbocycles. The topological polar surface area (TPSA) is 55.4 Å². The van der Waals surface area contributed by atoms with Crippen LogP contribution in [0.4, 0.5) is 10.5 Å². The zero-order chi connectivity index (χ0) is 21.6. The minimum Gasteiger partial charge on any atom is -0.429 e. The lowest BCUT2D eigenvalue weighted by Gasteiger charge is -2.18. The van der Waals surface area contributed by atoms with Crippen molar-refractivity contribution >= 4 is 51.0 Å². The Balaban J connectivity index is 1.55. The van der Waals surface area contributed by atoms with Gasteiger partial charge in [0.15, 0.2) is 5.44 Å². The smallest absolute Gasteiger partial charge is 0.413 e. The van der Waals surface area contributed by atoms with Gasteiger partial charge in [-0.05, 0) is 35.3 Å². The van der Waals surface area contributed by atoms with E-state index >= 15 is 0 Å². The average molecular weight is 448 g/mol. The molecule has 1 amide bonds. The maximum absolute atomic E-state index is 12.7. The third-order valence-electron chi connectivity index (χ3n) is 4.61. The number of rotatable bonds is 5. The predicted molar refractivity (Wildman–Crippen MR) is 127 cm³/mol. The zero-order valence-electron chi connectivity index (χ0n) is 16.3. The Morgan fingerprint density at radius 1 is 0.806 bits per heavy atom. The Hall–Kier alpha value is -3.28. The number of thioether (sulfide) groups is 1. The Kier molecular flexibility index (Phi) is 6.55. The molecule has 6 heteroatoms. The van der Waals surface area contributed by atoms with Crippen LogP contribution in [-0.4, -0.2) is 11.2 Å². The normalized spacial score (nSPS) is 11.6. The molecule has 4 nitrogen and oxygen atoms in total. The number of fused-ring (bicyclic) bond motifs is 1. The first kappa shape index (κ1) is 21.0. The molecule has 0 bridgehead atoms. The van der Waals surface area contributed by atoms with E-state index in [2.05, 4.69) is 5.32 Å². The number of benzene rings is 4. The highest BCUT2D eigenvalue weighted by molar-refractivity contribution is 8.14. The maximum atomic E-state index is 12.7. The summed E-state index contributed by atoms with van der Waals surface area (Å²) < 4.78 is 5.67. The maximum Gasteiger partial charge on any atom is 0.413 e. The molecule has 0 aliphatic rings. The number of amides is 1. The van der Waals surface area contributed by atoms with Crippen LogP contribution in [0.2, 0.25) is 5.02 Å². The Morgan fingerprint density at radius 3 is 2.26 bits per heavy atom. The molecule has 0 fully saturated rings. The van der Waals surface area contributed by atoms with E-state index in [1.807, 2.05) is 48.5 Å². The molecule has 0 aliphatic heterocycles. The summed E-state index contributed by atoms with van der Waals surface area (Å²) in [6.45, 7) is 0. The number of hydrogen-bond donors (Lipinski definition) is 1. The van der Waals surface area contributed by atoms with Crippen molar-refractivity contribution in [3.8, 4) is 0 Å². The van der Waals surface area contributed by atoms with Gasteiger partial charge in [0, 0.05) is 21.5 Å². The van der Waals surface area contributed by atoms with Crippen molar-refractivity contribution in [1.82, 2.24) is 0 Å². The average Bonchev–Trinajstić information content (AvgIpc) is 2.80. The monoisotopic (exact) mass is 447 g/mol. The first-order valence-electron chi connectivity index (χ1n) is 9.57. The fourth-order valence-electron chi connectivity index (χ4n) is 3.09. The van der Waals surface area contributed by atoms with Crippen molar-refractivity contribution in [2.45, 2.75) is 5.44 Å². The third-order valence-corrected chi connectivity index (χ3v) is 5.89. The van der Waals surface area contributed by atoms with Crippen molar-refractivity contribution in [2.75, 3.05) is 5.32 Å². The Labute approximate surface area is 189 Å². The highest BCUT2D eigenvalue weighted by atomic mass is 35.5. The minimum atomic E-state index is -0.833. The summed E-state index contributed by atoms with van der Waals surface area (Å²) in [5, 5.41) is 5.06. The third kappa shape index (κ3) is 5.26. The van der Waals surface area contributed by atoms with Gasteiger partial charge in [-0.15, -0.1) is 0 Å². The minimum absolute atomic E-state index is 0.196. The molecular formula is C25H18ClNO3S. The Bertz CT molecular complexity index is 1210. The number of nitrogens with one attached hydrogen (secondary N) is 1. The van der Waals surface area contributed by atoms with E-state index in [0.29, 0.717) is 21.8 Å². The second kappa shape index (κ2) is 9.69. The van der Waals surface area contributed by atoms with Gasteiger partial charge in [0.2, 0.25) is 5.12 Å². The van der Waals surface area contributed by atoms with Crippen molar-refractivity contribution in [1.29, 1.82) is 0 Å². The molecule has 0 heterocycles. The summed E-state index contributed by atoms with van der Waals surface area (Å²) in [4.78, 5) is 25.5. The van der Waals surface area contributed by atoms with Crippen LogP contribution < -0.4 is 5.32 Å². The van der Waals surface area contributed by atoms with Crippen LogP contribution in [-0.2, 0) is 4.74 Å². The van der Waals surface area contributed by atoms with Crippen molar-refractivity contribution in [3.63, 3.8) is 0 Å². The molecule has 0 aromatic heterocycles. The zero-order valence-corrected chi connectivity index (χ0v) is 17.9. The predicted octanol–water partition coefficient (Wildman–Crippen LogP) is 7.31. The fourth-order valence-corrected chi connectivity index (χ4v) is 4.11. The van der Waals surface area contributed by atoms with Gasteiger partial charge < -0.3 is 4.74 Å². The van der Waals surface area contributed by atoms with Gasteiger partial charge in [-0.1, -0.05) is 90.5 Å². The van der Waals surface area contributed by atoms with E-state index in [0.717, 1.165) is 22.5 Å². The number of anilines is 1. The molecule has 0 aliphatic carbocycles. The molecule has 31 heavy (non-hydrogen) atoms. The molecule has 1 atom stereocenters. The van der Waals surface area contributed by atoms with Crippen LogP contribution in [0.1, 0.15) is 21.4 Å². The summed E-state index contributed by atoms with van der Waals surface area (Å²) in [7, 11) is 0. The van der Waals surface area contributed by atoms with Crippen LogP contribution in [0, 0.1) is 0 Å². The van der Waals surface area contributed by atoms with E-state index in [-0.39, 0.29) is 5.12 Å². The quantitative estimate of drug-likeness (QED) is 0.326. The van der Waals surface area contributed by atoms with Gasteiger partial charge in [0.05, 0.1) is 5.69 Å². The number of hydrogen-bond acceptors (Lipinski definition) is 4. The van der Waals surface area contributed by atoms with Crippen LogP contribution in [0.3, 0.4) is 0 Å².